The molecule has 3 rings (SSSR count). The second kappa shape index (κ2) is 8.07. The van der Waals surface area contributed by atoms with Gasteiger partial charge >= 0.3 is 0 Å². The molecule has 0 spiro atoms. The normalized spacial score (nSPS) is 16.5. The van der Waals surface area contributed by atoms with Gasteiger partial charge in [0.1, 0.15) is 5.57 Å². The van der Waals surface area contributed by atoms with Gasteiger partial charge in [-0.25, -0.2) is 0 Å². The zero-order valence-electron chi connectivity index (χ0n) is 15.7. The lowest BCUT2D eigenvalue weighted by atomic mass is 10.1. The van der Waals surface area contributed by atoms with Crippen molar-refractivity contribution in [3.05, 3.63) is 64.7 Å². The predicted octanol–water partition coefficient (Wildman–Crippen LogP) is 5.06. The molecule has 0 aliphatic carbocycles. The van der Waals surface area contributed by atoms with Gasteiger partial charge in [0.05, 0.1) is 5.69 Å². The fourth-order valence-corrected chi connectivity index (χ4v) is 4.12. The number of hydrogen-bond donors (Lipinski definition) is 1. The fraction of sp³-hybridized carbons (Fsp3) is 0.190. The van der Waals surface area contributed by atoms with Gasteiger partial charge < -0.3 is 0 Å². The molecule has 4 nitrogen and oxygen atoms in total. The van der Waals surface area contributed by atoms with E-state index in [4.69, 9.17) is 23.8 Å². The lowest BCUT2D eigenvalue weighted by Crippen LogP contribution is -2.54. The summed E-state index contributed by atoms with van der Waals surface area (Å²) in [6.07, 6.45) is 1.62. The molecule has 2 aromatic rings. The Balaban J connectivity index is 2.02. The SMILES string of the molecule is CC(C)(C)Sc1ccccc1C=C1C(=O)NC(=S)N(c2ccc(Cl)cc2)C1=O. The van der Waals surface area contributed by atoms with E-state index in [-0.39, 0.29) is 15.4 Å². The number of carbonyl (C=O) groups excluding carboxylic acids is 2. The maximum Gasteiger partial charge on any atom is 0.270 e. The molecule has 0 atom stereocenters. The Morgan fingerprint density at radius 3 is 2.36 bits per heavy atom. The van der Waals surface area contributed by atoms with Crippen LogP contribution in [0, 0.1) is 0 Å². The zero-order chi connectivity index (χ0) is 20.5. The fourth-order valence-electron chi connectivity index (χ4n) is 2.66. The molecule has 2 aromatic carbocycles. The molecule has 0 aromatic heterocycles. The van der Waals surface area contributed by atoms with Gasteiger partial charge in [0.15, 0.2) is 5.11 Å². The van der Waals surface area contributed by atoms with Gasteiger partial charge in [-0.3, -0.25) is 19.8 Å². The molecule has 0 radical (unpaired) electrons. The van der Waals surface area contributed by atoms with Crippen molar-refractivity contribution in [2.45, 2.75) is 30.4 Å². The number of nitrogens with one attached hydrogen (secondary N) is 1. The summed E-state index contributed by atoms with van der Waals surface area (Å²) in [6, 6.07) is 14.4. The quantitative estimate of drug-likeness (QED) is 0.320. The van der Waals surface area contributed by atoms with Crippen LogP contribution in [0.25, 0.3) is 6.08 Å². The molecule has 1 fully saturated rings. The number of anilines is 1. The summed E-state index contributed by atoms with van der Waals surface area (Å²) >= 11 is 12.8. The highest BCUT2D eigenvalue weighted by Gasteiger charge is 2.34. The first kappa shape index (κ1) is 20.6. The van der Waals surface area contributed by atoms with E-state index in [1.807, 2.05) is 24.3 Å². The predicted molar refractivity (Wildman–Crippen MR) is 120 cm³/mol. The second-order valence-corrected chi connectivity index (χ2v) is 9.88. The third-order valence-electron chi connectivity index (χ3n) is 3.82. The number of thiocarbonyl (C=S) groups is 1. The smallest absolute Gasteiger partial charge is 0.270 e. The minimum atomic E-state index is -0.504. The second-order valence-electron chi connectivity index (χ2n) is 7.19. The summed E-state index contributed by atoms with van der Waals surface area (Å²) in [5.74, 6) is -0.970. The Labute approximate surface area is 178 Å². The minimum absolute atomic E-state index is 0.00957. The molecule has 144 valence electrons. The summed E-state index contributed by atoms with van der Waals surface area (Å²) in [4.78, 5) is 27.9. The molecule has 1 N–H and O–H groups in total. The van der Waals surface area contributed by atoms with E-state index < -0.39 is 11.8 Å². The molecule has 1 aliphatic heterocycles. The van der Waals surface area contributed by atoms with E-state index in [0.29, 0.717) is 10.7 Å². The third-order valence-corrected chi connectivity index (χ3v) is 5.56. The Bertz CT molecular complexity index is 979. The summed E-state index contributed by atoms with van der Waals surface area (Å²) in [6.45, 7) is 6.34. The van der Waals surface area contributed by atoms with Crippen LogP contribution >= 0.6 is 35.6 Å². The van der Waals surface area contributed by atoms with Gasteiger partial charge in [-0.2, -0.15) is 0 Å². The van der Waals surface area contributed by atoms with Crippen molar-refractivity contribution in [3.63, 3.8) is 0 Å². The van der Waals surface area contributed by atoms with E-state index in [0.717, 1.165) is 10.5 Å². The average Bonchev–Trinajstić information content (AvgIpc) is 2.60. The lowest BCUT2D eigenvalue weighted by molar-refractivity contribution is -0.122. The van der Waals surface area contributed by atoms with Crippen LogP contribution in [0.2, 0.25) is 5.02 Å². The average molecular weight is 431 g/mol. The monoisotopic (exact) mass is 430 g/mol. The van der Waals surface area contributed by atoms with Crippen molar-refractivity contribution in [3.8, 4) is 0 Å². The molecule has 1 heterocycles. The van der Waals surface area contributed by atoms with Crippen LogP contribution in [0.5, 0.6) is 0 Å². The minimum Gasteiger partial charge on any atom is -0.298 e. The van der Waals surface area contributed by atoms with Crippen molar-refractivity contribution in [2.75, 3.05) is 4.90 Å². The number of benzene rings is 2. The van der Waals surface area contributed by atoms with E-state index in [9.17, 15) is 9.59 Å². The van der Waals surface area contributed by atoms with Gasteiger partial charge in [0.2, 0.25) is 0 Å². The number of halogens is 1. The van der Waals surface area contributed by atoms with Gasteiger partial charge in [-0.1, -0.05) is 50.6 Å². The lowest BCUT2D eigenvalue weighted by Gasteiger charge is -2.29. The highest BCUT2D eigenvalue weighted by molar-refractivity contribution is 8.00. The van der Waals surface area contributed by atoms with Crippen LogP contribution in [0.4, 0.5) is 5.69 Å². The summed E-state index contributed by atoms with van der Waals surface area (Å²) in [7, 11) is 0. The van der Waals surface area contributed by atoms with E-state index in [1.54, 1.807) is 42.1 Å². The number of rotatable bonds is 3. The van der Waals surface area contributed by atoms with Crippen molar-refractivity contribution in [1.82, 2.24) is 5.32 Å². The molecule has 0 unspecified atom stereocenters. The molecule has 28 heavy (non-hydrogen) atoms. The first-order valence-corrected chi connectivity index (χ1v) is 10.2. The molecule has 1 aliphatic rings. The highest BCUT2D eigenvalue weighted by atomic mass is 35.5. The summed E-state index contributed by atoms with van der Waals surface area (Å²) in [5.41, 5.74) is 1.39. The van der Waals surface area contributed by atoms with Crippen molar-refractivity contribution in [1.29, 1.82) is 0 Å². The van der Waals surface area contributed by atoms with Crippen molar-refractivity contribution < 1.29 is 9.59 Å². The molecule has 0 bridgehead atoms. The van der Waals surface area contributed by atoms with Gasteiger partial charge in [-0.15, -0.1) is 11.8 Å². The summed E-state index contributed by atoms with van der Waals surface area (Å²) in [5, 5.41) is 3.20. The number of thioether (sulfide) groups is 1. The standard InChI is InChI=1S/C21H19ClN2O2S2/c1-21(2,3)28-17-7-5-4-6-13(17)12-16-18(25)23-20(27)24(19(16)26)15-10-8-14(22)9-11-15/h4-12H,1-3H3,(H,23,25,27). The molecular formula is C21H19ClN2O2S2. The van der Waals surface area contributed by atoms with Crippen LogP contribution in [0.15, 0.2) is 59.0 Å². The van der Waals surface area contributed by atoms with Crippen LogP contribution < -0.4 is 10.2 Å². The maximum atomic E-state index is 13.1. The first-order valence-electron chi connectivity index (χ1n) is 8.61. The van der Waals surface area contributed by atoms with Crippen LogP contribution in [0.1, 0.15) is 26.3 Å². The number of amides is 2. The molecular weight excluding hydrogens is 412 g/mol. The Kier molecular flexibility index (Phi) is 5.93. The van der Waals surface area contributed by atoms with Gasteiger partial charge in [0, 0.05) is 14.7 Å². The van der Waals surface area contributed by atoms with Crippen LogP contribution in [-0.2, 0) is 9.59 Å². The van der Waals surface area contributed by atoms with Crippen molar-refractivity contribution >= 4 is 64.3 Å². The molecule has 2 amide bonds. The first-order chi connectivity index (χ1) is 13.2. The molecule has 7 heteroatoms. The van der Waals surface area contributed by atoms with E-state index >= 15 is 0 Å². The number of hydrogen-bond acceptors (Lipinski definition) is 4. The Hall–Kier alpha value is -2.15. The molecule has 0 saturated carbocycles. The molecule has 1 saturated heterocycles. The van der Waals surface area contributed by atoms with Crippen molar-refractivity contribution in [2.24, 2.45) is 0 Å². The summed E-state index contributed by atoms with van der Waals surface area (Å²) < 4.78 is -0.00957. The Morgan fingerprint density at radius 1 is 1.07 bits per heavy atom. The van der Waals surface area contributed by atoms with Gasteiger partial charge in [-0.05, 0) is 54.2 Å². The highest BCUT2D eigenvalue weighted by Crippen LogP contribution is 2.35. The number of carbonyl (C=O) groups is 2. The largest absolute Gasteiger partial charge is 0.298 e. The van der Waals surface area contributed by atoms with Crippen LogP contribution in [0.3, 0.4) is 0 Å². The van der Waals surface area contributed by atoms with Crippen LogP contribution in [-0.4, -0.2) is 21.7 Å². The van der Waals surface area contributed by atoms with Gasteiger partial charge in [0.25, 0.3) is 11.8 Å². The zero-order valence-corrected chi connectivity index (χ0v) is 18.0. The third kappa shape index (κ3) is 4.63. The number of nitrogens with zero attached hydrogens (tertiary/aromatic N) is 1. The van der Waals surface area contributed by atoms with E-state index in [2.05, 4.69) is 26.1 Å². The Morgan fingerprint density at radius 2 is 1.71 bits per heavy atom. The topological polar surface area (TPSA) is 49.4 Å². The maximum absolute atomic E-state index is 13.1. The van der Waals surface area contributed by atoms with E-state index in [1.165, 1.54) is 4.90 Å².